The number of hydrogen-bond acceptors (Lipinski definition) is 5. The van der Waals surface area contributed by atoms with Gasteiger partial charge in [0.25, 0.3) is 5.91 Å². The molecule has 1 amide bonds. The van der Waals surface area contributed by atoms with Gasteiger partial charge in [0.05, 0.1) is 16.9 Å². The van der Waals surface area contributed by atoms with Crippen molar-refractivity contribution in [1.29, 1.82) is 0 Å². The Morgan fingerprint density at radius 3 is 2.36 bits per heavy atom. The maximum absolute atomic E-state index is 13.0. The number of nitrogens with zero attached hydrogens (tertiary/aromatic N) is 2. The summed E-state index contributed by atoms with van der Waals surface area (Å²) in [6.45, 7) is 3.83. The van der Waals surface area contributed by atoms with Gasteiger partial charge in [0.1, 0.15) is 5.58 Å². The third-order valence-electron chi connectivity index (χ3n) is 6.10. The van der Waals surface area contributed by atoms with Gasteiger partial charge in [0.2, 0.25) is 0 Å². The lowest BCUT2D eigenvalue weighted by molar-refractivity contribution is 0.102. The molecule has 4 aromatic rings. The molecule has 2 heterocycles. The Morgan fingerprint density at radius 2 is 1.58 bits per heavy atom. The van der Waals surface area contributed by atoms with E-state index in [4.69, 9.17) is 4.42 Å². The first-order valence-electron chi connectivity index (χ1n) is 11.1. The Bertz CT molecular complexity index is 1350. The summed E-state index contributed by atoms with van der Waals surface area (Å²) in [7, 11) is 2.12. The topological polar surface area (TPSA) is 65.8 Å². The number of anilines is 2. The highest BCUT2D eigenvalue weighted by molar-refractivity contribution is 6.06. The van der Waals surface area contributed by atoms with E-state index >= 15 is 0 Å². The van der Waals surface area contributed by atoms with Gasteiger partial charge in [-0.05, 0) is 49.0 Å². The van der Waals surface area contributed by atoms with Crippen molar-refractivity contribution in [3.05, 3.63) is 94.8 Å². The van der Waals surface area contributed by atoms with E-state index in [2.05, 4.69) is 22.2 Å². The van der Waals surface area contributed by atoms with Crippen molar-refractivity contribution >= 4 is 28.3 Å². The van der Waals surface area contributed by atoms with Crippen LogP contribution < -0.4 is 15.8 Å². The molecule has 1 N–H and O–H groups in total. The highest BCUT2D eigenvalue weighted by Gasteiger charge is 2.18. The van der Waals surface area contributed by atoms with Gasteiger partial charge in [-0.1, -0.05) is 42.5 Å². The number of fused-ring (bicyclic) bond motifs is 1. The number of carbonyl (C=O) groups excluding carboxylic acids is 1. The molecule has 6 nitrogen and oxygen atoms in total. The summed E-state index contributed by atoms with van der Waals surface area (Å²) in [5, 5.41) is 3.91. The monoisotopic (exact) mass is 439 g/mol. The fourth-order valence-corrected chi connectivity index (χ4v) is 4.16. The first kappa shape index (κ1) is 21.0. The minimum absolute atomic E-state index is 0.186. The molecule has 0 atom stereocenters. The van der Waals surface area contributed by atoms with E-state index in [-0.39, 0.29) is 5.91 Å². The summed E-state index contributed by atoms with van der Waals surface area (Å²) >= 11 is 0. The average Bonchev–Trinajstić information content (AvgIpc) is 2.85. The van der Waals surface area contributed by atoms with E-state index in [0.717, 1.165) is 42.9 Å². The fourth-order valence-electron chi connectivity index (χ4n) is 4.16. The Labute approximate surface area is 192 Å². The predicted octanol–water partition coefficient (Wildman–Crippen LogP) is 4.46. The van der Waals surface area contributed by atoms with E-state index in [1.165, 1.54) is 0 Å². The number of nitrogens with one attached hydrogen (secondary N) is 1. The van der Waals surface area contributed by atoms with E-state index in [0.29, 0.717) is 22.3 Å². The van der Waals surface area contributed by atoms with E-state index in [1.54, 1.807) is 30.3 Å². The summed E-state index contributed by atoms with van der Waals surface area (Å²) in [4.78, 5) is 30.0. The highest BCUT2D eigenvalue weighted by atomic mass is 16.4. The summed E-state index contributed by atoms with van der Waals surface area (Å²) in [5.41, 5.74) is 3.70. The molecular formula is C27H25N3O3. The zero-order valence-corrected chi connectivity index (χ0v) is 18.5. The van der Waals surface area contributed by atoms with Gasteiger partial charge in [0.15, 0.2) is 0 Å². The number of hydrogen-bond donors (Lipinski definition) is 1. The van der Waals surface area contributed by atoms with Crippen LogP contribution in [0.4, 0.5) is 11.4 Å². The van der Waals surface area contributed by atoms with Gasteiger partial charge in [-0.15, -0.1) is 0 Å². The van der Waals surface area contributed by atoms with Crippen LogP contribution in [-0.2, 0) is 0 Å². The molecule has 6 heteroatoms. The van der Waals surface area contributed by atoms with E-state index in [1.807, 2.05) is 48.5 Å². The molecule has 0 aliphatic carbocycles. The molecule has 33 heavy (non-hydrogen) atoms. The van der Waals surface area contributed by atoms with E-state index < -0.39 is 5.63 Å². The molecule has 0 saturated carbocycles. The van der Waals surface area contributed by atoms with Crippen LogP contribution in [0.1, 0.15) is 10.4 Å². The maximum atomic E-state index is 13.0. The zero-order chi connectivity index (χ0) is 22.8. The Morgan fingerprint density at radius 1 is 0.879 bits per heavy atom. The summed E-state index contributed by atoms with van der Waals surface area (Å²) in [5.74, 6) is -0.186. The van der Waals surface area contributed by atoms with Gasteiger partial charge in [-0.3, -0.25) is 4.79 Å². The standard InChI is InChI=1S/C27H25N3O3/c1-29-14-16-30(17-15-29)24-8-4-3-7-23(24)28-26(31)20-12-10-19(11-13-20)22-18-21-6-2-5-9-25(21)33-27(22)32/h2-13,18H,14-17H2,1H3,(H,28,31). The number of benzene rings is 3. The van der Waals surface area contributed by atoms with Crippen LogP contribution in [-0.4, -0.2) is 44.0 Å². The van der Waals surface area contributed by atoms with Gasteiger partial charge in [-0.25, -0.2) is 4.79 Å². The van der Waals surface area contributed by atoms with Crippen molar-refractivity contribution in [2.24, 2.45) is 0 Å². The van der Waals surface area contributed by atoms with Crippen LogP contribution in [0.5, 0.6) is 0 Å². The molecule has 1 fully saturated rings. The Kier molecular flexibility index (Phi) is 5.67. The van der Waals surface area contributed by atoms with Crippen LogP contribution in [0, 0.1) is 0 Å². The van der Waals surface area contributed by atoms with Crippen molar-refractivity contribution in [1.82, 2.24) is 4.90 Å². The van der Waals surface area contributed by atoms with Crippen LogP contribution in [0.2, 0.25) is 0 Å². The van der Waals surface area contributed by atoms with Crippen molar-refractivity contribution in [2.75, 3.05) is 43.4 Å². The predicted molar refractivity (Wildman–Crippen MR) is 132 cm³/mol. The zero-order valence-electron chi connectivity index (χ0n) is 18.5. The van der Waals surface area contributed by atoms with Crippen molar-refractivity contribution < 1.29 is 9.21 Å². The summed E-state index contributed by atoms with van der Waals surface area (Å²) < 4.78 is 5.44. The van der Waals surface area contributed by atoms with Gasteiger partial charge >= 0.3 is 5.63 Å². The molecule has 0 unspecified atom stereocenters. The lowest BCUT2D eigenvalue weighted by Gasteiger charge is -2.35. The first-order valence-corrected chi connectivity index (χ1v) is 11.1. The molecule has 166 valence electrons. The lowest BCUT2D eigenvalue weighted by atomic mass is 10.0. The largest absolute Gasteiger partial charge is 0.422 e. The second-order valence-corrected chi connectivity index (χ2v) is 8.32. The second-order valence-electron chi connectivity index (χ2n) is 8.32. The van der Waals surface area contributed by atoms with Crippen molar-refractivity contribution in [3.63, 3.8) is 0 Å². The van der Waals surface area contributed by atoms with Crippen LogP contribution in [0.3, 0.4) is 0 Å². The molecule has 0 bridgehead atoms. The molecule has 0 radical (unpaired) electrons. The van der Waals surface area contributed by atoms with Crippen molar-refractivity contribution in [3.8, 4) is 11.1 Å². The lowest BCUT2D eigenvalue weighted by Crippen LogP contribution is -2.44. The van der Waals surface area contributed by atoms with Crippen LogP contribution in [0.25, 0.3) is 22.1 Å². The summed E-state index contributed by atoms with van der Waals surface area (Å²) in [6.07, 6.45) is 0. The Hall–Kier alpha value is -3.90. The average molecular weight is 440 g/mol. The number of rotatable bonds is 4. The number of piperazine rings is 1. The minimum atomic E-state index is -0.396. The second kappa shape index (κ2) is 8.92. The molecule has 1 aromatic heterocycles. The summed E-state index contributed by atoms with van der Waals surface area (Å²) in [6, 6.07) is 24.2. The number of para-hydroxylation sites is 3. The van der Waals surface area contributed by atoms with E-state index in [9.17, 15) is 9.59 Å². The quantitative estimate of drug-likeness (QED) is 0.476. The van der Waals surface area contributed by atoms with Gasteiger partial charge in [-0.2, -0.15) is 0 Å². The van der Waals surface area contributed by atoms with Gasteiger partial charge < -0.3 is 19.5 Å². The molecule has 0 spiro atoms. The molecule has 1 aliphatic heterocycles. The Balaban J connectivity index is 1.36. The third-order valence-corrected chi connectivity index (χ3v) is 6.10. The minimum Gasteiger partial charge on any atom is -0.422 e. The molecule has 5 rings (SSSR count). The smallest absolute Gasteiger partial charge is 0.344 e. The van der Waals surface area contributed by atoms with Gasteiger partial charge in [0, 0.05) is 37.1 Å². The SMILES string of the molecule is CN1CCN(c2ccccc2NC(=O)c2ccc(-c3cc4ccccc4oc3=O)cc2)CC1. The molecule has 3 aromatic carbocycles. The van der Waals surface area contributed by atoms with Crippen LogP contribution in [0.15, 0.2) is 88.1 Å². The highest BCUT2D eigenvalue weighted by Crippen LogP contribution is 2.27. The molecule has 1 saturated heterocycles. The maximum Gasteiger partial charge on any atom is 0.344 e. The molecular weight excluding hydrogens is 414 g/mol. The number of carbonyl (C=O) groups is 1. The van der Waals surface area contributed by atoms with Crippen molar-refractivity contribution in [2.45, 2.75) is 0 Å². The number of amides is 1. The normalized spacial score (nSPS) is 14.4. The molecule has 1 aliphatic rings. The number of likely N-dealkylation sites (N-methyl/N-ethyl adjacent to an activating group) is 1. The first-order chi connectivity index (χ1) is 16.1. The van der Waals surface area contributed by atoms with Crippen LogP contribution >= 0.6 is 0 Å². The fraction of sp³-hybridized carbons (Fsp3) is 0.185. The third kappa shape index (κ3) is 4.38.